The Hall–Kier alpha value is -2.18. The number of carbonyl (C=O) groups is 1. The minimum absolute atomic E-state index is 0.0123. The molecule has 0 aliphatic heterocycles. The van der Waals surface area contributed by atoms with Gasteiger partial charge in [0.25, 0.3) is 0 Å². The molecule has 0 amide bonds. The maximum Gasteiger partial charge on any atom is 0.162 e. The van der Waals surface area contributed by atoms with E-state index in [1.807, 2.05) is 46.0 Å². The summed E-state index contributed by atoms with van der Waals surface area (Å²) in [6.07, 6.45) is 7.22. The molecule has 0 bridgehead atoms. The Morgan fingerprint density at radius 1 is 1.28 bits per heavy atom. The van der Waals surface area contributed by atoms with Gasteiger partial charge < -0.3 is 4.74 Å². The number of benzene rings is 1. The summed E-state index contributed by atoms with van der Waals surface area (Å²) in [5.74, 6) is 0.418. The van der Waals surface area contributed by atoms with Gasteiger partial charge in [-0.05, 0) is 93.0 Å². The van der Waals surface area contributed by atoms with Gasteiger partial charge in [0.15, 0.2) is 5.78 Å². The van der Waals surface area contributed by atoms with Crippen LogP contribution in [0.4, 0.5) is 4.39 Å². The topological polar surface area (TPSA) is 41.9 Å². The van der Waals surface area contributed by atoms with Gasteiger partial charge in [-0.2, -0.15) is 5.10 Å². The van der Waals surface area contributed by atoms with Crippen molar-refractivity contribution >= 4 is 23.8 Å². The fourth-order valence-corrected chi connectivity index (χ4v) is 4.86. The maximum absolute atomic E-state index is 13.1. The van der Waals surface area contributed by atoms with Crippen LogP contribution in [0.25, 0.3) is 0 Å². The van der Waals surface area contributed by atoms with Crippen LogP contribution in [0.3, 0.4) is 0 Å². The Morgan fingerprint density at radius 3 is 2.44 bits per heavy atom. The molecular formula is C30H43FN2O2S. The van der Waals surface area contributed by atoms with Crippen molar-refractivity contribution in [1.29, 1.82) is 0 Å². The highest BCUT2D eigenvalue weighted by Gasteiger charge is 2.30. The molecule has 4 nitrogen and oxygen atoms in total. The number of ether oxygens (including phenoxy) is 1. The lowest BCUT2D eigenvalue weighted by molar-refractivity contribution is -0.134. The fraction of sp³-hybridized carbons (Fsp3) is 0.533. The van der Waals surface area contributed by atoms with Gasteiger partial charge in [-0.3, -0.25) is 9.80 Å². The van der Waals surface area contributed by atoms with E-state index in [1.54, 1.807) is 30.8 Å². The average molecular weight is 515 g/mol. The largest absolute Gasteiger partial charge is 0.360 e. The number of allylic oxidation sites excluding steroid dienone is 3. The molecule has 2 rings (SSSR count). The average Bonchev–Trinajstić information content (AvgIpc) is 2.77. The van der Waals surface area contributed by atoms with Crippen molar-refractivity contribution in [2.45, 2.75) is 85.9 Å². The summed E-state index contributed by atoms with van der Waals surface area (Å²) >= 11 is 1.62. The zero-order chi connectivity index (χ0) is 27.1. The summed E-state index contributed by atoms with van der Waals surface area (Å²) in [5.41, 5.74) is 3.91. The van der Waals surface area contributed by atoms with Crippen molar-refractivity contribution in [2.75, 3.05) is 12.8 Å². The minimum atomic E-state index is -0.627. The number of thioether (sulfide) groups is 1. The molecular weight excluding hydrogens is 471 g/mol. The zero-order valence-electron chi connectivity index (χ0n) is 23.3. The Morgan fingerprint density at radius 2 is 1.92 bits per heavy atom. The number of carbonyl (C=O) groups excluding carboxylic acids is 1. The zero-order valence-corrected chi connectivity index (χ0v) is 24.1. The van der Waals surface area contributed by atoms with Gasteiger partial charge >= 0.3 is 0 Å². The molecule has 0 fully saturated rings. The molecule has 1 atom stereocenters. The van der Waals surface area contributed by atoms with E-state index in [0.717, 1.165) is 41.0 Å². The second-order valence-corrected chi connectivity index (χ2v) is 12.5. The molecule has 198 valence electrons. The van der Waals surface area contributed by atoms with Crippen molar-refractivity contribution in [2.24, 2.45) is 10.5 Å². The Labute approximate surface area is 221 Å². The summed E-state index contributed by atoms with van der Waals surface area (Å²) in [5, 5.41) is 6.60. The minimum Gasteiger partial charge on any atom is -0.360 e. The molecule has 1 aliphatic rings. The molecule has 1 aromatic carbocycles. The molecule has 0 aromatic heterocycles. The lowest BCUT2D eigenvalue weighted by atomic mass is 9.77. The number of hydrazone groups is 1. The number of ketones is 1. The molecule has 0 radical (unpaired) electrons. The third-order valence-electron chi connectivity index (χ3n) is 6.14. The SMILES string of the molecule is C=C(Cc1ccc(F)cc1)SCC=NN(C)/C(C1=CCC(C)(C)CC1)=C(\C)C(OC(C)(C)C)C(C)=O. The van der Waals surface area contributed by atoms with Crippen LogP contribution in [0.15, 0.2) is 63.8 Å². The van der Waals surface area contributed by atoms with E-state index in [2.05, 4.69) is 26.5 Å². The molecule has 0 saturated carbocycles. The summed E-state index contributed by atoms with van der Waals surface area (Å²) in [6.45, 7) is 18.2. The van der Waals surface area contributed by atoms with Crippen LogP contribution in [0.5, 0.6) is 0 Å². The van der Waals surface area contributed by atoms with Gasteiger partial charge in [-0.1, -0.05) is 38.6 Å². The first-order valence-electron chi connectivity index (χ1n) is 12.6. The number of nitrogens with zero attached hydrogens (tertiary/aromatic N) is 2. The second-order valence-electron chi connectivity index (χ2n) is 11.3. The number of hydrogen-bond acceptors (Lipinski definition) is 5. The number of likely N-dealkylation sites (N-methyl/N-ethyl adjacent to an activating group) is 1. The van der Waals surface area contributed by atoms with E-state index in [1.165, 1.54) is 17.7 Å². The smallest absolute Gasteiger partial charge is 0.162 e. The molecule has 0 spiro atoms. The van der Waals surface area contributed by atoms with E-state index in [-0.39, 0.29) is 17.0 Å². The lowest BCUT2D eigenvalue weighted by Gasteiger charge is -2.34. The molecule has 1 aromatic rings. The first-order valence-corrected chi connectivity index (χ1v) is 13.6. The molecule has 1 aliphatic carbocycles. The molecule has 36 heavy (non-hydrogen) atoms. The van der Waals surface area contributed by atoms with Gasteiger partial charge in [0.05, 0.1) is 11.3 Å². The third-order valence-corrected chi connectivity index (χ3v) is 7.01. The lowest BCUT2D eigenvalue weighted by Crippen LogP contribution is -2.35. The van der Waals surface area contributed by atoms with E-state index in [0.29, 0.717) is 12.2 Å². The summed E-state index contributed by atoms with van der Waals surface area (Å²) in [6, 6.07) is 6.51. The third kappa shape index (κ3) is 9.70. The van der Waals surface area contributed by atoms with Crippen molar-refractivity contribution in [1.82, 2.24) is 5.01 Å². The van der Waals surface area contributed by atoms with Crippen LogP contribution in [-0.2, 0) is 16.0 Å². The molecule has 6 heteroatoms. The van der Waals surface area contributed by atoms with Crippen LogP contribution < -0.4 is 0 Å². The van der Waals surface area contributed by atoms with Crippen molar-refractivity contribution in [3.8, 4) is 0 Å². The van der Waals surface area contributed by atoms with Crippen LogP contribution in [0, 0.1) is 11.2 Å². The highest BCUT2D eigenvalue weighted by Crippen LogP contribution is 2.38. The van der Waals surface area contributed by atoms with Crippen LogP contribution in [0.2, 0.25) is 0 Å². The van der Waals surface area contributed by atoms with E-state index in [9.17, 15) is 9.18 Å². The summed E-state index contributed by atoms with van der Waals surface area (Å²) < 4.78 is 19.3. The molecule has 0 heterocycles. The molecule has 1 unspecified atom stereocenters. The van der Waals surface area contributed by atoms with Crippen LogP contribution in [0.1, 0.15) is 73.3 Å². The van der Waals surface area contributed by atoms with Gasteiger partial charge in [0.2, 0.25) is 0 Å². The van der Waals surface area contributed by atoms with E-state index >= 15 is 0 Å². The van der Waals surface area contributed by atoms with E-state index in [4.69, 9.17) is 9.84 Å². The monoisotopic (exact) mass is 514 g/mol. The second kappa shape index (κ2) is 12.9. The predicted octanol–water partition coefficient (Wildman–Crippen LogP) is 7.72. The Balaban J connectivity index is 2.20. The Bertz CT molecular complexity index is 1020. The summed E-state index contributed by atoms with van der Waals surface area (Å²) in [7, 11) is 1.93. The van der Waals surface area contributed by atoms with Crippen LogP contribution >= 0.6 is 11.8 Å². The van der Waals surface area contributed by atoms with Crippen LogP contribution in [-0.4, -0.2) is 41.5 Å². The molecule has 0 N–H and O–H groups in total. The van der Waals surface area contributed by atoms with E-state index < -0.39 is 11.7 Å². The standard InChI is InChI=1S/C30H43FN2O2S/c1-21(20-24-10-12-26(31)13-11-24)36-19-18-32-33(9)27(25-14-16-30(7,8)17-15-25)22(2)28(23(3)34)35-29(4,5)6/h10-14,18,28H,1,15-17,19-20H2,2-9H3/b27-22+,32-18?. The molecule has 0 saturated heterocycles. The first kappa shape index (κ1) is 30.0. The normalized spacial score (nSPS) is 17.4. The maximum atomic E-state index is 13.1. The summed E-state index contributed by atoms with van der Waals surface area (Å²) in [4.78, 5) is 13.6. The predicted molar refractivity (Wildman–Crippen MR) is 152 cm³/mol. The Kier molecular flexibility index (Phi) is 10.7. The fourth-order valence-electron chi connectivity index (χ4n) is 4.21. The van der Waals surface area contributed by atoms with Gasteiger partial charge in [-0.25, -0.2) is 4.39 Å². The number of hydrogen-bond donors (Lipinski definition) is 0. The number of halogens is 1. The first-order chi connectivity index (χ1) is 16.7. The highest BCUT2D eigenvalue weighted by molar-refractivity contribution is 8.03. The van der Waals surface area contributed by atoms with Gasteiger partial charge in [-0.15, -0.1) is 11.8 Å². The number of rotatable bonds is 11. The van der Waals surface area contributed by atoms with Gasteiger partial charge in [0.1, 0.15) is 11.9 Å². The quantitative estimate of drug-likeness (QED) is 0.224. The highest BCUT2D eigenvalue weighted by atomic mass is 32.2. The van der Waals surface area contributed by atoms with Crippen molar-refractivity contribution in [3.63, 3.8) is 0 Å². The van der Waals surface area contributed by atoms with Crippen molar-refractivity contribution in [3.05, 3.63) is 70.0 Å². The van der Waals surface area contributed by atoms with Gasteiger partial charge in [0, 0.05) is 25.4 Å². The number of Topliss-reactive ketones (excluding diaryl/α,β-unsaturated/α-hetero) is 1. The van der Waals surface area contributed by atoms with Crippen molar-refractivity contribution < 1.29 is 13.9 Å².